The maximum absolute atomic E-state index is 5.90. The Bertz CT molecular complexity index is 399. The highest BCUT2D eigenvalue weighted by atomic mass is 15.2. The second-order valence-electron chi connectivity index (χ2n) is 5.59. The summed E-state index contributed by atoms with van der Waals surface area (Å²) in [5.74, 6) is 3.12. The molecule has 1 aromatic heterocycles. The molecule has 1 aliphatic rings. The lowest BCUT2D eigenvalue weighted by atomic mass is 10.2. The maximum atomic E-state index is 5.90. The van der Waals surface area contributed by atoms with Crippen LogP contribution in [0.15, 0.2) is 6.07 Å². The van der Waals surface area contributed by atoms with Crippen LogP contribution < -0.4 is 10.6 Å². The van der Waals surface area contributed by atoms with E-state index in [9.17, 15) is 0 Å². The van der Waals surface area contributed by atoms with Crippen LogP contribution in [0.5, 0.6) is 0 Å². The van der Waals surface area contributed by atoms with E-state index in [0.29, 0.717) is 17.8 Å². The van der Waals surface area contributed by atoms with Crippen LogP contribution in [0.25, 0.3) is 0 Å². The van der Waals surface area contributed by atoms with Gasteiger partial charge in [0.2, 0.25) is 0 Å². The number of hydrogen-bond acceptors (Lipinski definition) is 4. The predicted octanol–water partition coefficient (Wildman–Crippen LogP) is 2.64. The van der Waals surface area contributed by atoms with Crippen LogP contribution in [0, 0.1) is 5.92 Å². The van der Waals surface area contributed by atoms with Crippen LogP contribution in [-0.4, -0.2) is 22.6 Å². The average Bonchev–Trinajstić information content (AvgIpc) is 3.09. The van der Waals surface area contributed by atoms with E-state index in [-0.39, 0.29) is 0 Å². The number of hydrogen-bond donors (Lipinski definition) is 1. The topological polar surface area (TPSA) is 55.0 Å². The predicted molar refractivity (Wildman–Crippen MR) is 75.6 cm³/mol. The average molecular weight is 248 g/mol. The molecule has 0 bridgehead atoms. The zero-order chi connectivity index (χ0) is 13.1. The normalized spacial score (nSPS) is 15.1. The fraction of sp³-hybridized carbons (Fsp3) is 0.714. The van der Waals surface area contributed by atoms with E-state index in [4.69, 9.17) is 5.73 Å². The summed E-state index contributed by atoms with van der Waals surface area (Å²) in [6.45, 7) is 7.67. The fourth-order valence-corrected chi connectivity index (χ4v) is 2.19. The number of aromatic nitrogens is 2. The number of nitrogen functional groups attached to an aromatic ring is 1. The van der Waals surface area contributed by atoms with Gasteiger partial charge in [0.05, 0.1) is 0 Å². The molecule has 1 heterocycles. The molecule has 0 amide bonds. The van der Waals surface area contributed by atoms with Crippen LogP contribution >= 0.6 is 0 Å². The maximum Gasteiger partial charge on any atom is 0.134 e. The number of aryl methyl sites for hydroxylation is 1. The van der Waals surface area contributed by atoms with Gasteiger partial charge < -0.3 is 10.6 Å². The van der Waals surface area contributed by atoms with Crippen LogP contribution in [-0.2, 0) is 6.42 Å². The first kappa shape index (κ1) is 13.1. The molecule has 0 atom stereocenters. The molecule has 1 aromatic rings. The van der Waals surface area contributed by atoms with Crippen molar-refractivity contribution in [2.75, 3.05) is 17.2 Å². The van der Waals surface area contributed by atoms with E-state index in [1.807, 2.05) is 6.07 Å². The lowest BCUT2D eigenvalue weighted by molar-refractivity contribution is 0.601. The van der Waals surface area contributed by atoms with Gasteiger partial charge >= 0.3 is 0 Å². The van der Waals surface area contributed by atoms with E-state index in [1.54, 1.807) is 0 Å². The van der Waals surface area contributed by atoms with Gasteiger partial charge in [0.25, 0.3) is 0 Å². The van der Waals surface area contributed by atoms with Gasteiger partial charge in [-0.2, -0.15) is 0 Å². The van der Waals surface area contributed by atoms with Gasteiger partial charge in [-0.1, -0.05) is 20.8 Å². The molecular formula is C14H24N4. The summed E-state index contributed by atoms with van der Waals surface area (Å²) in [5.41, 5.74) is 5.90. The molecule has 4 nitrogen and oxygen atoms in total. The fourth-order valence-electron chi connectivity index (χ4n) is 2.19. The van der Waals surface area contributed by atoms with Crippen molar-refractivity contribution in [3.8, 4) is 0 Å². The number of nitrogens with zero attached hydrogens (tertiary/aromatic N) is 3. The smallest absolute Gasteiger partial charge is 0.134 e. The second kappa shape index (κ2) is 5.55. The van der Waals surface area contributed by atoms with Crippen LogP contribution in [0.2, 0.25) is 0 Å². The molecule has 2 rings (SSSR count). The summed E-state index contributed by atoms with van der Waals surface area (Å²) < 4.78 is 0. The first-order chi connectivity index (χ1) is 8.60. The molecule has 1 fully saturated rings. The van der Waals surface area contributed by atoms with Gasteiger partial charge in [-0.15, -0.1) is 0 Å². The van der Waals surface area contributed by atoms with Gasteiger partial charge in [0.15, 0.2) is 0 Å². The molecular weight excluding hydrogens is 224 g/mol. The SMILES string of the molecule is CCCc1nc(N)cc(N(CC(C)C)C2CC2)n1. The summed E-state index contributed by atoms with van der Waals surface area (Å²) in [6.07, 6.45) is 4.51. The van der Waals surface area contributed by atoms with E-state index >= 15 is 0 Å². The third-order valence-electron chi connectivity index (χ3n) is 3.10. The third-order valence-corrected chi connectivity index (χ3v) is 3.10. The van der Waals surface area contributed by atoms with Gasteiger partial charge in [0, 0.05) is 25.1 Å². The highest BCUT2D eigenvalue weighted by Gasteiger charge is 2.30. The van der Waals surface area contributed by atoms with Crippen molar-refractivity contribution >= 4 is 11.6 Å². The van der Waals surface area contributed by atoms with Crippen molar-refractivity contribution in [3.05, 3.63) is 11.9 Å². The van der Waals surface area contributed by atoms with Crippen molar-refractivity contribution in [1.29, 1.82) is 0 Å². The van der Waals surface area contributed by atoms with E-state index in [1.165, 1.54) is 12.8 Å². The number of anilines is 2. The monoisotopic (exact) mass is 248 g/mol. The van der Waals surface area contributed by atoms with Gasteiger partial charge in [-0.05, 0) is 25.2 Å². The minimum atomic E-state index is 0.595. The van der Waals surface area contributed by atoms with E-state index < -0.39 is 0 Å². The van der Waals surface area contributed by atoms with Crippen molar-refractivity contribution < 1.29 is 0 Å². The summed E-state index contributed by atoms with van der Waals surface area (Å²) >= 11 is 0. The summed E-state index contributed by atoms with van der Waals surface area (Å²) in [4.78, 5) is 11.4. The van der Waals surface area contributed by atoms with Gasteiger partial charge in [-0.3, -0.25) is 0 Å². The standard InChI is InChI=1S/C14H24N4/c1-4-5-13-16-12(15)8-14(17-13)18(9-10(2)3)11-6-7-11/h8,10-11H,4-7,9H2,1-3H3,(H2,15,16,17). The molecule has 2 N–H and O–H groups in total. The van der Waals surface area contributed by atoms with Crippen molar-refractivity contribution in [2.24, 2.45) is 5.92 Å². The Balaban J connectivity index is 2.22. The van der Waals surface area contributed by atoms with Crippen molar-refractivity contribution in [2.45, 2.75) is 52.5 Å². The third kappa shape index (κ3) is 3.34. The van der Waals surface area contributed by atoms with Crippen molar-refractivity contribution in [1.82, 2.24) is 9.97 Å². The lowest BCUT2D eigenvalue weighted by Gasteiger charge is -2.26. The molecule has 0 saturated heterocycles. The second-order valence-corrected chi connectivity index (χ2v) is 5.59. The molecule has 18 heavy (non-hydrogen) atoms. The quantitative estimate of drug-likeness (QED) is 0.841. The molecule has 0 radical (unpaired) electrons. The molecule has 1 saturated carbocycles. The first-order valence-electron chi connectivity index (χ1n) is 7.00. The Morgan fingerprint density at radius 1 is 1.39 bits per heavy atom. The van der Waals surface area contributed by atoms with E-state index in [2.05, 4.69) is 35.6 Å². The Labute approximate surface area is 110 Å². The van der Waals surface area contributed by atoms with Crippen molar-refractivity contribution in [3.63, 3.8) is 0 Å². The van der Waals surface area contributed by atoms with Gasteiger partial charge in [0.1, 0.15) is 17.5 Å². The Morgan fingerprint density at radius 3 is 2.67 bits per heavy atom. The highest BCUT2D eigenvalue weighted by molar-refractivity contribution is 5.48. The zero-order valence-corrected chi connectivity index (χ0v) is 11.7. The molecule has 1 aliphatic carbocycles. The van der Waals surface area contributed by atoms with Crippen LogP contribution in [0.4, 0.5) is 11.6 Å². The molecule has 0 spiro atoms. The molecule has 4 heteroatoms. The lowest BCUT2D eigenvalue weighted by Crippen LogP contribution is -2.31. The molecule has 0 aliphatic heterocycles. The summed E-state index contributed by atoms with van der Waals surface area (Å²) in [7, 11) is 0. The Hall–Kier alpha value is -1.32. The molecule has 0 unspecified atom stereocenters. The number of rotatable bonds is 6. The minimum Gasteiger partial charge on any atom is -0.384 e. The molecule has 100 valence electrons. The van der Waals surface area contributed by atoms with E-state index in [0.717, 1.165) is 31.0 Å². The zero-order valence-electron chi connectivity index (χ0n) is 11.7. The van der Waals surface area contributed by atoms with Gasteiger partial charge in [-0.25, -0.2) is 9.97 Å². The largest absolute Gasteiger partial charge is 0.384 e. The number of nitrogens with two attached hydrogens (primary N) is 1. The Morgan fingerprint density at radius 2 is 2.11 bits per heavy atom. The summed E-state index contributed by atoms with van der Waals surface area (Å²) in [6, 6.07) is 2.58. The van der Waals surface area contributed by atoms with Crippen LogP contribution in [0.3, 0.4) is 0 Å². The Kier molecular flexibility index (Phi) is 4.04. The minimum absolute atomic E-state index is 0.595. The van der Waals surface area contributed by atoms with Crippen LogP contribution in [0.1, 0.15) is 45.9 Å². The molecule has 0 aromatic carbocycles. The highest BCUT2D eigenvalue weighted by Crippen LogP contribution is 2.31. The summed E-state index contributed by atoms with van der Waals surface area (Å²) in [5, 5.41) is 0. The first-order valence-corrected chi connectivity index (χ1v) is 7.00.